The standard InChI is InChI=1S/C31H26N2O5/c1-32(2)23-11-9-20(10-12-23)28-27(29(34)22-8-7-19-5-3-4-6-21(19)17-22)30(35)31(36)33(28)24-13-14-25-26(18-24)38-16-15-37-25/h3-14,17-18,28,34H,15-16H2,1-2H3/b29-27+. The average Bonchev–Trinajstić information content (AvgIpc) is 3.22. The predicted molar refractivity (Wildman–Crippen MR) is 147 cm³/mol. The molecular formula is C31H26N2O5. The van der Waals surface area contributed by atoms with Crippen molar-refractivity contribution in [1.82, 2.24) is 0 Å². The van der Waals surface area contributed by atoms with Gasteiger partial charge in [0, 0.05) is 37.1 Å². The summed E-state index contributed by atoms with van der Waals surface area (Å²) in [5.41, 5.74) is 2.67. The van der Waals surface area contributed by atoms with Crippen LogP contribution in [-0.2, 0) is 9.59 Å². The highest BCUT2D eigenvalue weighted by Gasteiger charge is 2.47. The van der Waals surface area contributed by atoms with Gasteiger partial charge in [0.25, 0.3) is 11.7 Å². The largest absolute Gasteiger partial charge is 0.507 e. The van der Waals surface area contributed by atoms with Gasteiger partial charge in [0.2, 0.25) is 0 Å². The van der Waals surface area contributed by atoms with Crippen molar-refractivity contribution >= 4 is 39.6 Å². The Morgan fingerprint density at radius 1 is 0.842 bits per heavy atom. The Labute approximate surface area is 220 Å². The molecule has 38 heavy (non-hydrogen) atoms. The van der Waals surface area contributed by atoms with Crippen LogP contribution in [0.3, 0.4) is 0 Å². The molecule has 0 aliphatic carbocycles. The number of rotatable bonds is 4. The van der Waals surface area contributed by atoms with Gasteiger partial charge in [-0.3, -0.25) is 14.5 Å². The summed E-state index contributed by atoms with van der Waals surface area (Å²) in [6, 6.07) is 25.2. The van der Waals surface area contributed by atoms with E-state index in [1.54, 1.807) is 24.3 Å². The molecule has 2 heterocycles. The lowest BCUT2D eigenvalue weighted by molar-refractivity contribution is -0.132. The summed E-state index contributed by atoms with van der Waals surface area (Å²) >= 11 is 0. The van der Waals surface area contributed by atoms with Crippen molar-refractivity contribution in [2.75, 3.05) is 37.1 Å². The number of amides is 1. The molecule has 0 saturated carbocycles. The summed E-state index contributed by atoms with van der Waals surface area (Å²) < 4.78 is 11.4. The molecule has 0 spiro atoms. The van der Waals surface area contributed by atoms with E-state index >= 15 is 0 Å². The van der Waals surface area contributed by atoms with E-state index < -0.39 is 17.7 Å². The van der Waals surface area contributed by atoms with Crippen LogP contribution in [0.5, 0.6) is 11.5 Å². The zero-order valence-electron chi connectivity index (χ0n) is 21.0. The van der Waals surface area contributed by atoms with Crippen LogP contribution < -0.4 is 19.3 Å². The molecule has 0 radical (unpaired) electrons. The van der Waals surface area contributed by atoms with E-state index in [4.69, 9.17) is 9.47 Å². The van der Waals surface area contributed by atoms with Crippen molar-refractivity contribution in [2.45, 2.75) is 6.04 Å². The molecule has 2 aliphatic heterocycles. The number of hydrogen-bond acceptors (Lipinski definition) is 6. The summed E-state index contributed by atoms with van der Waals surface area (Å²) in [7, 11) is 3.88. The number of ketones is 1. The third kappa shape index (κ3) is 3.93. The SMILES string of the molecule is CN(C)c1ccc(C2/C(=C(\O)c3ccc4ccccc4c3)C(=O)C(=O)N2c2ccc3c(c2)OCCO3)cc1. The number of aliphatic hydroxyl groups excluding tert-OH is 1. The summed E-state index contributed by atoms with van der Waals surface area (Å²) in [6.07, 6.45) is 0. The Morgan fingerprint density at radius 2 is 1.55 bits per heavy atom. The third-order valence-corrected chi connectivity index (χ3v) is 7.00. The van der Waals surface area contributed by atoms with Gasteiger partial charge in [-0.1, -0.05) is 48.5 Å². The summed E-state index contributed by atoms with van der Waals surface area (Å²) in [5, 5.41) is 13.5. The Kier molecular flexibility index (Phi) is 5.76. The number of nitrogens with zero attached hydrogens (tertiary/aromatic N) is 2. The fourth-order valence-corrected chi connectivity index (χ4v) is 5.04. The first kappa shape index (κ1) is 23.6. The van der Waals surface area contributed by atoms with Crippen LogP contribution in [0.2, 0.25) is 0 Å². The van der Waals surface area contributed by atoms with Crippen molar-refractivity contribution in [1.29, 1.82) is 0 Å². The number of fused-ring (bicyclic) bond motifs is 2. The third-order valence-electron chi connectivity index (χ3n) is 7.00. The van der Waals surface area contributed by atoms with Crippen molar-refractivity contribution in [3.63, 3.8) is 0 Å². The van der Waals surface area contributed by atoms with E-state index in [-0.39, 0.29) is 11.3 Å². The number of ether oxygens (including phenoxy) is 2. The number of anilines is 2. The van der Waals surface area contributed by atoms with Crippen LogP contribution in [0.1, 0.15) is 17.2 Å². The summed E-state index contributed by atoms with van der Waals surface area (Å²) in [6.45, 7) is 0.841. The van der Waals surface area contributed by atoms with Crippen LogP contribution in [-0.4, -0.2) is 44.1 Å². The molecule has 1 N–H and O–H groups in total. The first-order valence-corrected chi connectivity index (χ1v) is 12.4. The second-order valence-corrected chi connectivity index (χ2v) is 9.54. The molecule has 6 rings (SSSR count). The predicted octanol–water partition coefficient (Wildman–Crippen LogP) is 5.30. The highest BCUT2D eigenvalue weighted by molar-refractivity contribution is 6.51. The quantitative estimate of drug-likeness (QED) is 0.230. The monoisotopic (exact) mass is 506 g/mol. The maximum atomic E-state index is 13.5. The topological polar surface area (TPSA) is 79.3 Å². The second kappa shape index (κ2) is 9.27. The summed E-state index contributed by atoms with van der Waals surface area (Å²) in [4.78, 5) is 30.5. The molecule has 1 amide bonds. The minimum absolute atomic E-state index is 0.0396. The maximum absolute atomic E-state index is 13.5. The molecule has 0 aromatic heterocycles. The lowest BCUT2D eigenvalue weighted by atomic mass is 9.94. The zero-order chi connectivity index (χ0) is 26.4. The molecule has 1 saturated heterocycles. The number of carbonyl (C=O) groups is 2. The van der Waals surface area contributed by atoms with Crippen molar-refractivity contribution in [3.05, 3.63) is 102 Å². The molecule has 0 bridgehead atoms. The normalized spacial score (nSPS) is 18.2. The Hall–Kier alpha value is -4.78. The van der Waals surface area contributed by atoms with E-state index in [1.807, 2.05) is 79.7 Å². The van der Waals surface area contributed by atoms with E-state index in [0.717, 1.165) is 16.5 Å². The van der Waals surface area contributed by atoms with Gasteiger partial charge < -0.3 is 19.5 Å². The molecular weight excluding hydrogens is 480 g/mol. The number of Topliss-reactive ketones (excluding diaryl/α,β-unsaturated/α-hetero) is 1. The van der Waals surface area contributed by atoms with Gasteiger partial charge in [-0.25, -0.2) is 0 Å². The van der Waals surface area contributed by atoms with Crippen LogP contribution in [0.4, 0.5) is 11.4 Å². The average molecular weight is 507 g/mol. The van der Waals surface area contributed by atoms with Gasteiger partial charge >= 0.3 is 0 Å². The first-order valence-electron chi connectivity index (χ1n) is 12.4. The van der Waals surface area contributed by atoms with Crippen LogP contribution in [0.15, 0.2) is 90.5 Å². The lowest BCUT2D eigenvalue weighted by Crippen LogP contribution is -2.29. The molecule has 4 aromatic carbocycles. The Bertz CT molecular complexity index is 1610. The highest BCUT2D eigenvalue weighted by atomic mass is 16.6. The molecule has 1 atom stereocenters. The van der Waals surface area contributed by atoms with Crippen molar-refractivity contribution in [2.24, 2.45) is 0 Å². The second-order valence-electron chi connectivity index (χ2n) is 9.54. The fourth-order valence-electron chi connectivity index (χ4n) is 5.04. The summed E-state index contributed by atoms with van der Waals surface area (Å²) in [5.74, 6) is -0.583. The zero-order valence-corrected chi connectivity index (χ0v) is 21.0. The Balaban J connectivity index is 1.53. The Morgan fingerprint density at radius 3 is 2.29 bits per heavy atom. The van der Waals surface area contributed by atoms with E-state index in [0.29, 0.717) is 41.5 Å². The smallest absolute Gasteiger partial charge is 0.300 e. The maximum Gasteiger partial charge on any atom is 0.300 e. The van der Waals surface area contributed by atoms with Gasteiger partial charge in [-0.05, 0) is 46.7 Å². The molecule has 4 aromatic rings. The first-order chi connectivity index (χ1) is 18.4. The van der Waals surface area contributed by atoms with E-state index in [2.05, 4.69) is 0 Å². The van der Waals surface area contributed by atoms with Gasteiger partial charge in [0.15, 0.2) is 11.5 Å². The fraction of sp³-hybridized carbons (Fsp3) is 0.161. The number of benzene rings is 4. The van der Waals surface area contributed by atoms with E-state index in [9.17, 15) is 14.7 Å². The number of aliphatic hydroxyl groups is 1. The molecule has 190 valence electrons. The van der Waals surface area contributed by atoms with Crippen LogP contribution in [0, 0.1) is 0 Å². The minimum atomic E-state index is -0.833. The van der Waals surface area contributed by atoms with Gasteiger partial charge in [-0.15, -0.1) is 0 Å². The lowest BCUT2D eigenvalue weighted by Gasteiger charge is -2.27. The molecule has 1 fully saturated rings. The van der Waals surface area contributed by atoms with Crippen LogP contribution >= 0.6 is 0 Å². The highest BCUT2D eigenvalue weighted by Crippen LogP contribution is 2.45. The number of carbonyl (C=O) groups excluding carboxylic acids is 2. The van der Waals surface area contributed by atoms with Gasteiger partial charge in [-0.2, -0.15) is 0 Å². The molecule has 7 heteroatoms. The van der Waals surface area contributed by atoms with Crippen LogP contribution in [0.25, 0.3) is 16.5 Å². The number of hydrogen-bond donors (Lipinski definition) is 1. The van der Waals surface area contributed by atoms with Crippen molar-refractivity contribution < 1.29 is 24.2 Å². The molecule has 7 nitrogen and oxygen atoms in total. The van der Waals surface area contributed by atoms with Gasteiger partial charge in [0.1, 0.15) is 19.0 Å². The minimum Gasteiger partial charge on any atom is -0.507 e. The van der Waals surface area contributed by atoms with Gasteiger partial charge in [0.05, 0.1) is 11.6 Å². The molecule has 2 aliphatic rings. The van der Waals surface area contributed by atoms with Crippen molar-refractivity contribution in [3.8, 4) is 11.5 Å². The molecule has 1 unspecified atom stereocenters. The van der Waals surface area contributed by atoms with E-state index in [1.165, 1.54) is 4.90 Å².